The Morgan fingerprint density at radius 1 is 0.391 bits per heavy atom. The zero-order chi connectivity index (χ0) is 91.5. The summed E-state index contributed by atoms with van der Waals surface area (Å²) in [6, 6.07) is 9.28. The number of nitrogens with one attached hydrogen (secondary N) is 4. The quantitative estimate of drug-likeness (QED) is 0.0275. The second-order valence-corrected chi connectivity index (χ2v) is 32.0. The van der Waals surface area contributed by atoms with Gasteiger partial charge in [0.2, 0.25) is 23.6 Å². The van der Waals surface area contributed by atoms with Crippen LogP contribution in [0.4, 0.5) is 43.4 Å². The molecule has 1 fully saturated rings. The standard InChI is InChI=1S/2C24H26F2N4O3.C24H27FN4O3.C24H29FN2O3/c2*1-5-19(31)29-16-12-28-30(6-2)24(16)23-15-8-7-13(9-14(15)11-27-23)20-21(25)17(32-3)10-18(33-4)22(20)26;1-5-21(30)28-19-13-27-29(6-2)24(19)23-17-8-7-14(9-15(17)12-26-23)18-10-16(31-3)11-20(32-4)22(18)25;1-4-22(28)27-20-7-5-6-18(20)24-17-9-8-14(10-15(17)13-26-24)19-11-16(29-2)12-21(30-3)23(19)25/h2*5,10,12-13H,1,6-9,11H2,2-4H3,(H,29,31);5,10-11,13-14H,1,6-9,12H2,2-4H3,(H,28,30);4,11-12,14,18,20H,1,5-10,13H2,2-3H3,(H,27,28)/t2*13-;14-;14-,18-,20+/m1010/s1. The Morgan fingerprint density at radius 3 is 1.03 bits per heavy atom. The van der Waals surface area contributed by atoms with E-state index in [1.54, 1.807) is 66.4 Å². The number of aryl methyl sites for hydroxylation is 3. The number of halogens is 6. The van der Waals surface area contributed by atoms with Gasteiger partial charge in [-0.2, -0.15) is 15.3 Å². The molecule has 4 N–H and O–H groups in total. The fourth-order valence-electron chi connectivity index (χ4n) is 19.0. The molecule has 128 heavy (non-hydrogen) atoms. The summed E-state index contributed by atoms with van der Waals surface area (Å²) in [6.45, 7) is 24.0. The lowest BCUT2D eigenvalue weighted by molar-refractivity contribution is -0.117. The first-order valence-corrected chi connectivity index (χ1v) is 42.9. The minimum absolute atomic E-state index is 0.0104. The van der Waals surface area contributed by atoms with E-state index in [1.807, 2.05) is 25.5 Å². The zero-order valence-electron chi connectivity index (χ0n) is 74.0. The van der Waals surface area contributed by atoms with Gasteiger partial charge < -0.3 is 59.2 Å². The van der Waals surface area contributed by atoms with E-state index in [0.717, 1.165) is 108 Å². The van der Waals surface area contributed by atoms with Gasteiger partial charge in [0.05, 0.1) is 136 Å². The van der Waals surface area contributed by atoms with E-state index in [9.17, 15) is 23.6 Å². The van der Waals surface area contributed by atoms with Crippen LogP contribution >= 0.6 is 0 Å². The predicted molar refractivity (Wildman–Crippen MR) is 479 cm³/mol. The number of aliphatic imine (C=N–C) groups is 4. The Balaban J connectivity index is 0.000000146. The molecule has 32 heteroatoms. The van der Waals surface area contributed by atoms with Gasteiger partial charge in [-0.25, -0.2) is 26.3 Å². The molecular formula is C96H108F6N14O12. The molecule has 4 aromatic carbocycles. The van der Waals surface area contributed by atoms with Crippen molar-refractivity contribution in [3.8, 4) is 46.0 Å². The topological polar surface area (TPSA) is 293 Å². The van der Waals surface area contributed by atoms with Crippen LogP contribution in [-0.2, 0) is 38.8 Å². The maximum absolute atomic E-state index is 15.1. The number of carbonyl (C=O) groups is 4. The van der Waals surface area contributed by atoms with Gasteiger partial charge in [0.15, 0.2) is 69.4 Å². The molecule has 4 amide bonds. The van der Waals surface area contributed by atoms with Gasteiger partial charge in [0.1, 0.15) is 28.6 Å². The Labute approximate surface area is 739 Å². The van der Waals surface area contributed by atoms with E-state index < -0.39 is 23.3 Å². The molecule has 16 rings (SSSR count). The molecule has 3 aromatic heterocycles. The largest absolute Gasteiger partial charge is 0.497 e. The molecule has 0 bridgehead atoms. The van der Waals surface area contributed by atoms with Crippen LogP contribution in [0.5, 0.6) is 46.0 Å². The van der Waals surface area contributed by atoms with Gasteiger partial charge >= 0.3 is 0 Å². The smallest absolute Gasteiger partial charge is 0.247 e. The van der Waals surface area contributed by atoms with Crippen LogP contribution in [0.2, 0.25) is 0 Å². The van der Waals surface area contributed by atoms with Crippen molar-refractivity contribution < 1.29 is 83.4 Å². The number of aromatic nitrogens is 6. The number of hydrogen-bond acceptors (Lipinski definition) is 19. The molecule has 0 radical (unpaired) electrons. The van der Waals surface area contributed by atoms with Crippen LogP contribution in [0, 0.1) is 40.8 Å². The third-order valence-electron chi connectivity index (χ3n) is 25.2. The summed E-state index contributed by atoms with van der Waals surface area (Å²) in [5.41, 5.74) is 18.0. The van der Waals surface area contributed by atoms with Crippen LogP contribution in [-0.4, -0.2) is 165 Å². The molecule has 7 heterocycles. The van der Waals surface area contributed by atoms with Crippen molar-refractivity contribution in [2.75, 3.05) is 99.0 Å². The molecule has 0 spiro atoms. The molecule has 26 nitrogen and oxygen atoms in total. The van der Waals surface area contributed by atoms with Gasteiger partial charge in [-0.1, -0.05) is 32.7 Å². The van der Waals surface area contributed by atoms with Gasteiger partial charge in [-0.15, -0.1) is 0 Å². The number of hydrogen-bond donors (Lipinski definition) is 4. The molecule has 0 saturated heterocycles. The first kappa shape index (κ1) is 92.6. The van der Waals surface area contributed by atoms with Crippen molar-refractivity contribution in [3.05, 3.63) is 224 Å². The predicted octanol–water partition coefficient (Wildman–Crippen LogP) is 17.4. The lowest BCUT2D eigenvalue weighted by Crippen LogP contribution is -2.39. The Hall–Kier alpha value is -13.0. The normalized spacial score (nSPS) is 19.4. The molecule has 1 saturated carbocycles. The third kappa shape index (κ3) is 18.9. The average molecular weight is 1760 g/mol. The number of methoxy groups -OCH3 is 8. The van der Waals surface area contributed by atoms with E-state index >= 15 is 22.0 Å². The number of rotatable bonds is 27. The van der Waals surface area contributed by atoms with E-state index in [4.69, 9.17) is 57.9 Å². The summed E-state index contributed by atoms with van der Waals surface area (Å²) in [5.74, 6) is -3.39. The van der Waals surface area contributed by atoms with E-state index in [0.29, 0.717) is 130 Å². The molecule has 676 valence electrons. The maximum atomic E-state index is 15.1. The van der Waals surface area contributed by atoms with Crippen molar-refractivity contribution in [3.63, 3.8) is 0 Å². The molecular weight excluding hydrogens is 1660 g/mol. The molecule has 6 atom stereocenters. The van der Waals surface area contributed by atoms with Gasteiger partial charge in [0.25, 0.3) is 0 Å². The Morgan fingerprint density at radius 2 is 0.703 bits per heavy atom. The van der Waals surface area contributed by atoms with E-state index in [2.05, 4.69) is 62.9 Å². The van der Waals surface area contributed by atoms with Crippen molar-refractivity contribution >= 4 is 63.5 Å². The highest BCUT2D eigenvalue weighted by Gasteiger charge is 2.42. The zero-order valence-corrected chi connectivity index (χ0v) is 74.0. The number of allylic oxidation sites excluding steroid dienone is 4. The minimum atomic E-state index is -0.692. The van der Waals surface area contributed by atoms with Crippen LogP contribution < -0.4 is 59.2 Å². The Bertz CT molecular complexity index is 5570. The SMILES string of the molecule is C=CC(=O)N[C@@H]1CCC[C@@H]1C1=NCC2=C1CC[C@H](c1cc(OC)cc(OC)c1F)C2.C=CC(=O)Nc1cnn(CC)c1C1=NCC2=C1CC[C@@H](c1c(F)c(OC)cc(OC)c1F)C2.C=CC(=O)Nc1cnn(CC)c1C1=NCC2=C1CC[C@@H](c1cc(OC)cc(OC)c1F)C2.C=CC(=O)Nc1cnn(CC)c1C1=NCC2=C1CC[C@H](c1c(F)c(OC)cc(OC)c1F)C2. The van der Waals surface area contributed by atoms with Crippen molar-refractivity contribution in [1.29, 1.82) is 0 Å². The van der Waals surface area contributed by atoms with Crippen LogP contribution in [0.15, 0.2) is 170 Å². The molecule has 9 aliphatic rings. The van der Waals surface area contributed by atoms with Gasteiger partial charge in [0, 0.05) is 72.7 Å². The second kappa shape index (κ2) is 41.2. The highest BCUT2D eigenvalue weighted by Crippen LogP contribution is 2.51. The fourth-order valence-corrected chi connectivity index (χ4v) is 19.0. The van der Waals surface area contributed by atoms with Crippen molar-refractivity contribution in [1.82, 2.24) is 34.7 Å². The average Bonchev–Trinajstić information content (AvgIpc) is 1.55. The highest BCUT2D eigenvalue weighted by molar-refractivity contribution is 6.20. The van der Waals surface area contributed by atoms with Gasteiger partial charge in [-0.3, -0.25) is 53.2 Å². The molecule has 0 unspecified atom stereocenters. The first-order valence-electron chi connectivity index (χ1n) is 42.9. The van der Waals surface area contributed by atoms with Crippen molar-refractivity contribution in [2.45, 2.75) is 166 Å². The lowest BCUT2D eigenvalue weighted by Gasteiger charge is -2.28. The first-order chi connectivity index (χ1) is 61.9. The number of ether oxygens (including phenoxy) is 8. The molecule has 4 aliphatic heterocycles. The lowest BCUT2D eigenvalue weighted by atomic mass is 9.77. The molecule has 7 aromatic rings. The van der Waals surface area contributed by atoms with E-state index in [1.165, 1.54) is 107 Å². The molecule has 5 aliphatic carbocycles. The fraction of sp³-hybridized carbons (Fsp3) is 0.406. The van der Waals surface area contributed by atoms with E-state index in [-0.39, 0.29) is 117 Å². The minimum Gasteiger partial charge on any atom is -0.497 e. The highest BCUT2D eigenvalue weighted by atomic mass is 19.2. The summed E-state index contributed by atoms with van der Waals surface area (Å²) in [5, 5.41) is 24.6. The van der Waals surface area contributed by atoms with Crippen LogP contribution in [0.25, 0.3) is 0 Å². The Kier molecular flexibility index (Phi) is 29.8. The van der Waals surface area contributed by atoms with Gasteiger partial charge in [-0.05, 0) is 226 Å². The number of nitrogens with zero attached hydrogens (tertiary/aromatic N) is 10. The van der Waals surface area contributed by atoms with Crippen molar-refractivity contribution in [2.24, 2.45) is 25.9 Å². The number of carbonyl (C=O) groups excluding carboxylic acids is 4. The summed E-state index contributed by atoms with van der Waals surface area (Å²) in [4.78, 5) is 66.6. The maximum Gasteiger partial charge on any atom is 0.247 e. The number of amides is 4. The van der Waals surface area contributed by atoms with Crippen LogP contribution in [0.3, 0.4) is 0 Å². The third-order valence-corrected chi connectivity index (χ3v) is 25.2. The summed E-state index contributed by atoms with van der Waals surface area (Å²) >= 11 is 0. The summed E-state index contributed by atoms with van der Waals surface area (Å²) < 4.78 is 137. The monoisotopic (exact) mass is 1760 g/mol. The second-order valence-electron chi connectivity index (χ2n) is 32.0. The summed E-state index contributed by atoms with van der Waals surface area (Å²) in [7, 11) is 11.5. The summed E-state index contributed by atoms with van der Waals surface area (Å²) in [6.07, 6.45) is 20.9. The number of benzene rings is 4. The van der Waals surface area contributed by atoms with Crippen LogP contribution in [0.1, 0.15) is 180 Å². The number of anilines is 3.